The fourth-order valence-electron chi connectivity index (χ4n) is 5.68. The van der Waals surface area contributed by atoms with E-state index in [0.717, 1.165) is 17.4 Å². The van der Waals surface area contributed by atoms with E-state index in [1.807, 2.05) is 18.2 Å². The molecule has 25 heavy (non-hydrogen) atoms. The SMILES string of the molecule is C[C@@H]([C@H](OS(=O)C1C2CC3CC(C2)CC1C3)c1ccccc1)N(C)C. The van der Waals surface area contributed by atoms with E-state index in [1.165, 1.54) is 32.1 Å². The Hall–Kier alpha value is -0.710. The standard InChI is InChI=1S/C21H31NO2S/c1-14(22(2)3)20(17-7-5-4-6-8-17)24-25(23)21-18-10-15-9-16(12-18)13-19(21)11-15/h4-8,14-16,18-21H,9-13H2,1-3H3/t14-,15?,16?,18?,19?,20-,21?,25?/m0/s1. The third kappa shape index (κ3) is 3.45. The van der Waals surface area contributed by atoms with E-state index < -0.39 is 11.1 Å². The zero-order chi connectivity index (χ0) is 17.6. The molecule has 0 radical (unpaired) electrons. The molecule has 0 aromatic heterocycles. The summed E-state index contributed by atoms with van der Waals surface area (Å²) in [6, 6.07) is 10.5. The van der Waals surface area contributed by atoms with Gasteiger partial charge in [-0.05, 0) is 82.4 Å². The van der Waals surface area contributed by atoms with Gasteiger partial charge in [0.1, 0.15) is 6.10 Å². The molecule has 3 nitrogen and oxygen atoms in total. The lowest BCUT2D eigenvalue weighted by atomic mass is 9.56. The van der Waals surface area contributed by atoms with Crippen molar-refractivity contribution in [2.24, 2.45) is 23.7 Å². The molecule has 4 fully saturated rings. The number of likely N-dealkylation sites (N-methyl/N-ethyl adjacent to an activating group) is 1. The second-order valence-corrected chi connectivity index (χ2v) is 10.0. The van der Waals surface area contributed by atoms with Crippen molar-refractivity contribution in [1.29, 1.82) is 0 Å². The smallest absolute Gasteiger partial charge is 0.159 e. The second-order valence-electron chi connectivity index (χ2n) is 8.79. The van der Waals surface area contributed by atoms with Gasteiger partial charge in [0.15, 0.2) is 11.1 Å². The van der Waals surface area contributed by atoms with Crippen LogP contribution in [-0.2, 0) is 15.3 Å². The third-order valence-corrected chi connectivity index (χ3v) is 8.55. The van der Waals surface area contributed by atoms with E-state index >= 15 is 0 Å². The summed E-state index contributed by atoms with van der Waals surface area (Å²) in [5.74, 6) is 3.06. The molecule has 4 saturated carbocycles. The minimum atomic E-state index is -1.20. The summed E-state index contributed by atoms with van der Waals surface area (Å²) in [7, 11) is 4.13. The van der Waals surface area contributed by atoms with Gasteiger partial charge >= 0.3 is 0 Å². The van der Waals surface area contributed by atoms with Crippen LogP contribution < -0.4 is 0 Å². The van der Waals surface area contributed by atoms with E-state index in [0.29, 0.717) is 11.8 Å². The van der Waals surface area contributed by atoms with Crippen LogP contribution in [0, 0.1) is 23.7 Å². The van der Waals surface area contributed by atoms with Crippen LogP contribution in [0.5, 0.6) is 0 Å². The van der Waals surface area contributed by atoms with Crippen LogP contribution in [0.25, 0.3) is 0 Å². The van der Waals surface area contributed by atoms with E-state index in [2.05, 4.69) is 38.1 Å². The molecule has 1 aromatic carbocycles. The molecule has 4 heteroatoms. The van der Waals surface area contributed by atoms with Crippen molar-refractivity contribution < 1.29 is 8.39 Å². The summed E-state index contributed by atoms with van der Waals surface area (Å²) in [6.07, 6.45) is 6.42. The highest BCUT2D eigenvalue weighted by molar-refractivity contribution is 7.80. The maximum atomic E-state index is 13.3. The van der Waals surface area contributed by atoms with Crippen LogP contribution in [0.2, 0.25) is 0 Å². The Labute approximate surface area is 154 Å². The summed E-state index contributed by atoms with van der Waals surface area (Å²) in [5.41, 5.74) is 1.13. The molecule has 0 heterocycles. The molecule has 0 spiro atoms. The molecule has 0 aliphatic heterocycles. The predicted molar refractivity (Wildman–Crippen MR) is 102 cm³/mol. The minimum absolute atomic E-state index is 0.144. The highest BCUT2D eigenvalue weighted by Crippen LogP contribution is 2.55. The number of hydrogen-bond donors (Lipinski definition) is 0. The van der Waals surface area contributed by atoms with Gasteiger partial charge in [0.2, 0.25) is 0 Å². The van der Waals surface area contributed by atoms with Gasteiger partial charge in [-0.2, -0.15) is 0 Å². The molecule has 1 unspecified atom stereocenters. The molecular formula is C21H31NO2S. The fraction of sp³-hybridized carbons (Fsp3) is 0.714. The lowest BCUT2D eigenvalue weighted by Gasteiger charge is -2.53. The summed E-state index contributed by atoms with van der Waals surface area (Å²) in [6.45, 7) is 2.16. The van der Waals surface area contributed by atoms with Gasteiger partial charge in [-0.15, -0.1) is 0 Å². The van der Waals surface area contributed by atoms with Crippen LogP contribution >= 0.6 is 0 Å². The van der Waals surface area contributed by atoms with Crippen molar-refractivity contribution in [3.8, 4) is 0 Å². The molecule has 4 aliphatic carbocycles. The number of hydrogen-bond acceptors (Lipinski definition) is 3. The first-order chi connectivity index (χ1) is 12.0. The lowest BCUT2D eigenvalue weighted by Crippen LogP contribution is -2.50. The zero-order valence-electron chi connectivity index (χ0n) is 15.6. The quantitative estimate of drug-likeness (QED) is 0.761. The normalized spacial score (nSPS) is 37.2. The van der Waals surface area contributed by atoms with E-state index in [-0.39, 0.29) is 17.4 Å². The summed E-state index contributed by atoms with van der Waals surface area (Å²) in [4.78, 5) is 2.16. The number of benzene rings is 1. The van der Waals surface area contributed by atoms with Gasteiger partial charge in [0.25, 0.3) is 0 Å². The van der Waals surface area contributed by atoms with E-state index in [1.54, 1.807) is 0 Å². The molecule has 0 saturated heterocycles. The monoisotopic (exact) mass is 361 g/mol. The van der Waals surface area contributed by atoms with Crippen LogP contribution in [-0.4, -0.2) is 34.5 Å². The molecule has 138 valence electrons. The lowest BCUT2D eigenvalue weighted by molar-refractivity contribution is 0.0192. The summed E-state index contributed by atoms with van der Waals surface area (Å²) >= 11 is -1.20. The van der Waals surface area contributed by atoms with Gasteiger partial charge in [0, 0.05) is 6.04 Å². The highest BCUT2D eigenvalue weighted by Gasteiger charge is 2.51. The van der Waals surface area contributed by atoms with Crippen molar-refractivity contribution in [3.63, 3.8) is 0 Å². The zero-order valence-corrected chi connectivity index (χ0v) is 16.5. The van der Waals surface area contributed by atoms with Gasteiger partial charge < -0.3 is 4.90 Å². The molecule has 1 aromatic rings. The van der Waals surface area contributed by atoms with Crippen LogP contribution in [0.3, 0.4) is 0 Å². The van der Waals surface area contributed by atoms with E-state index in [4.69, 9.17) is 4.18 Å². The second kappa shape index (κ2) is 7.13. The average Bonchev–Trinajstić information content (AvgIpc) is 2.59. The maximum Gasteiger partial charge on any atom is 0.159 e. The summed E-state index contributed by atoms with van der Waals surface area (Å²) < 4.78 is 19.6. The molecule has 4 bridgehead atoms. The molecule has 3 atom stereocenters. The van der Waals surface area contributed by atoms with Gasteiger partial charge in [-0.3, -0.25) is 4.18 Å². The Morgan fingerprint density at radius 3 is 2.08 bits per heavy atom. The van der Waals surface area contributed by atoms with Gasteiger partial charge in [0.05, 0.1) is 5.25 Å². The van der Waals surface area contributed by atoms with Crippen molar-refractivity contribution >= 4 is 11.1 Å². The van der Waals surface area contributed by atoms with Gasteiger partial charge in [-0.25, -0.2) is 4.21 Å². The topological polar surface area (TPSA) is 29.5 Å². The molecular weight excluding hydrogens is 330 g/mol. The van der Waals surface area contributed by atoms with Crippen molar-refractivity contribution in [3.05, 3.63) is 35.9 Å². The molecule has 5 rings (SSSR count). The van der Waals surface area contributed by atoms with Crippen LogP contribution in [0.4, 0.5) is 0 Å². The highest BCUT2D eigenvalue weighted by atomic mass is 32.2. The number of nitrogens with zero attached hydrogens (tertiary/aromatic N) is 1. The van der Waals surface area contributed by atoms with Crippen molar-refractivity contribution in [2.45, 2.75) is 56.4 Å². The molecule has 4 aliphatic rings. The first kappa shape index (κ1) is 17.7. The Balaban J connectivity index is 1.53. The van der Waals surface area contributed by atoms with Crippen molar-refractivity contribution in [2.75, 3.05) is 14.1 Å². The first-order valence-corrected chi connectivity index (χ1v) is 11.0. The minimum Gasteiger partial charge on any atom is -0.304 e. The van der Waals surface area contributed by atoms with Gasteiger partial charge in [-0.1, -0.05) is 30.3 Å². The Bertz CT molecular complexity index is 590. The Morgan fingerprint density at radius 1 is 1.00 bits per heavy atom. The average molecular weight is 362 g/mol. The molecule has 0 amide bonds. The predicted octanol–water partition coefficient (Wildman–Crippen LogP) is 4.18. The first-order valence-electron chi connectivity index (χ1n) is 9.82. The largest absolute Gasteiger partial charge is 0.304 e. The summed E-state index contributed by atoms with van der Waals surface area (Å²) in [5, 5.41) is 0.258. The Kier molecular flexibility index (Phi) is 5.04. The fourth-order valence-corrected chi connectivity index (χ4v) is 7.36. The van der Waals surface area contributed by atoms with Crippen molar-refractivity contribution in [1.82, 2.24) is 4.90 Å². The third-order valence-electron chi connectivity index (χ3n) is 6.94. The Morgan fingerprint density at radius 2 is 1.56 bits per heavy atom. The molecule has 0 N–H and O–H groups in total. The maximum absolute atomic E-state index is 13.3. The van der Waals surface area contributed by atoms with E-state index in [9.17, 15) is 4.21 Å². The number of rotatable bonds is 6. The van der Waals surface area contributed by atoms with Crippen LogP contribution in [0.15, 0.2) is 30.3 Å². The van der Waals surface area contributed by atoms with Crippen LogP contribution in [0.1, 0.15) is 50.7 Å².